The van der Waals surface area contributed by atoms with Gasteiger partial charge in [0.2, 0.25) is 0 Å². The summed E-state index contributed by atoms with van der Waals surface area (Å²) in [6.45, 7) is 0.871. The Bertz CT molecular complexity index is 1240. The SMILES string of the molecule is O=C(Nc1cccc(Br)c1)N1CCC2(CC1)Oc1ccccc1C(=O)N2Cc1ccccc1F. The smallest absolute Gasteiger partial charge is 0.321 e. The summed E-state index contributed by atoms with van der Waals surface area (Å²) in [6.07, 6.45) is 0.820. The van der Waals surface area contributed by atoms with E-state index in [1.54, 1.807) is 46.2 Å². The Labute approximate surface area is 205 Å². The van der Waals surface area contributed by atoms with Gasteiger partial charge in [-0.3, -0.25) is 9.69 Å². The third kappa shape index (κ3) is 4.25. The van der Waals surface area contributed by atoms with Crippen molar-refractivity contribution >= 4 is 33.6 Å². The molecule has 8 heteroatoms. The monoisotopic (exact) mass is 523 g/mol. The van der Waals surface area contributed by atoms with Gasteiger partial charge in [-0.25, -0.2) is 9.18 Å². The van der Waals surface area contributed by atoms with Crippen molar-refractivity contribution in [3.63, 3.8) is 0 Å². The number of ether oxygens (including phenoxy) is 1. The number of amides is 3. The van der Waals surface area contributed by atoms with Crippen molar-refractivity contribution in [1.29, 1.82) is 0 Å². The molecule has 1 spiro atoms. The molecule has 0 aliphatic carbocycles. The number of hydrogen-bond donors (Lipinski definition) is 1. The number of para-hydroxylation sites is 1. The molecule has 2 aliphatic rings. The van der Waals surface area contributed by atoms with Crippen LogP contribution in [0.4, 0.5) is 14.9 Å². The largest absolute Gasteiger partial charge is 0.467 e. The number of piperidine rings is 1. The second-order valence-corrected chi connectivity index (χ2v) is 9.37. The van der Waals surface area contributed by atoms with Crippen molar-refractivity contribution in [2.45, 2.75) is 25.1 Å². The van der Waals surface area contributed by atoms with E-state index in [-0.39, 0.29) is 24.3 Å². The quantitative estimate of drug-likeness (QED) is 0.482. The van der Waals surface area contributed by atoms with Gasteiger partial charge in [-0.1, -0.05) is 52.3 Å². The molecular weight excluding hydrogens is 501 g/mol. The zero-order valence-corrected chi connectivity index (χ0v) is 19.9. The van der Waals surface area contributed by atoms with E-state index in [2.05, 4.69) is 21.2 Å². The molecule has 1 N–H and O–H groups in total. The van der Waals surface area contributed by atoms with Crippen molar-refractivity contribution < 1.29 is 18.7 Å². The first-order valence-electron chi connectivity index (χ1n) is 11.1. The van der Waals surface area contributed by atoms with E-state index in [9.17, 15) is 14.0 Å². The van der Waals surface area contributed by atoms with Crippen LogP contribution in [0.2, 0.25) is 0 Å². The molecule has 0 saturated carbocycles. The van der Waals surface area contributed by atoms with Gasteiger partial charge >= 0.3 is 6.03 Å². The van der Waals surface area contributed by atoms with E-state index in [0.29, 0.717) is 48.5 Å². The van der Waals surface area contributed by atoms with Gasteiger partial charge in [0.1, 0.15) is 11.6 Å². The van der Waals surface area contributed by atoms with E-state index in [4.69, 9.17) is 4.74 Å². The highest BCUT2D eigenvalue weighted by Gasteiger charge is 2.49. The average Bonchev–Trinajstić information content (AvgIpc) is 2.83. The number of anilines is 1. The van der Waals surface area contributed by atoms with Gasteiger partial charge in [0.15, 0.2) is 5.72 Å². The number of nitrogens with zero attached hydrogens (tertiary/aromatic N) is 2. The molecule has 2 aliphatic heterocycles. The molecule has 3 aromatic rings. The van der Waals surface area contributed by atoms with Crippen LogP contribution in [0.3, 0.4) is 0 Å². The molecular formula is C26H23BrFN3O3. The fraction of sp³-hybridized carbons (Fsp3) is 0.231. The van der Waals surface area contributed by atoms with Gasteiger partial charge in [0.05, 0.1) is 12.1 Å². The Balaban J connectivity index is 1.38. The molecule has 6 nitrogen and oxygen atoms in total. The van der Waals surface area contributed by atoms with Crippen molar-refractivity contribution in [3.05, 3.63) is 94.2 Å². The topological polar surface area (TPSA) is 61.9 Å². The van der Waals surface area contributed by atoms with Gasteiger partial charge in [-0.05, 0) is 36.4 Å². The Kier molecular flexibility index (Phi) is 6.00. The molecule has 0 bridgehead atoms. The number of nitrogens with one attached hydrogen (secondary N) is 1. The van der Waals surface area contributed by atoms with Gasteiger partial charge in [-0.2, -0.15) is 0 Å². The summed E-state index contributed by atoms with van der Waals surface area (Å²) in [5.41, 5.74) is 0.617. The Hall–Kier alpha value is -3.39. The number of carbonyl (C=O) groups is 2. The second-order valence-electron chi connectivity index (χ2n) is 8.45. The molecule has 3 amide bonds. The molecule has 0 unspecified atom stereocenters. The highest BCUT2D eigenvalue weighted by Crippen LogP contribution is 2.40. The molecule has 2 heterocycles. The van der Waals surface area contributed by atoms with Crippen LogP contribution in [-0.2, 0) is 6.54 Å². The van der Waals surface area contributed by atoms with E-state index < -0.39 is 5.72 Å². The number of benzene rings is 3. The minimum absolute atomic E-state index is 0.0874. The zero-order chi connectivity index (χ0) is 23.7. The van der Waals surface area contributed by atoms with Crippen LogP contribution in [0.5, 0.6) is 5.75 Å². The summed E-state index contributed by atoms with van der Waals surface area (Å²) >= 11 is 3.41. The van der Waals surface area contributed by atoms with E-state index in [0.717, 1.165) is 4.47 Å². The number of fused-ring (bicyclic) bond motifs is 1. The van der Waals surface area contributed by atoms with Crippen molar-refractivity contribution in [1.82, 2.24) is 9.80 Å². The third-order valence-electron chi connectivity index (χ3n) is 6.35. The minimum Gasteiger partial charge on any atom is -0.467 e. The lowest BCUT2D eigenvalue weighted by atomic mass is 9.93. The standard InChI is InChI=1S/C26H23BrFN3O3/c27-19-7-5-8-20(16-19)29-25(33)30-14-12-26(13-15-30)31(17-18-6-1-3-10-22(18)28)24(32)21-9-2-4-11-23(21)34-26/h1-11,16H,12-15,17H2,(H,29,33). The fourth-order valence-corrected chi connectivity index (χ4v) is 4.93. The van der Waals surface area contributed by atoms with Crippen LogP contribution in [-0.4, -0.2) is 40.6 Å². The summed E-state index contributed by atoms with van der Waals surface area (Å²) in [5.74, 6) is -0.0448. The van der Waals surface area contributed by atoms with Crippen LogP contribution in [0, 0.1) is 5.82 Å². The highest BCUT2D eigenvalue weighted by atomic mass is 79.9. The van der Waals surface area contributed by atoms with Crippen LogP contribution < -0.4 is 10.1 Å². The maximum absolute atomic E-state index is 14.5. The second kappa shape index (κ2) is 9.10. The summed E-state index contributed by atoms with van der Waals surface area (Å²) in [6, 6.07) is 20.7. The van der Waals surface area contributed by atoms with Crippen LogP contribution >= 0.6 is 15.9 Å². The zero-order valence-electron chi connectivity index (χ0n) is 18.3. The lowest BCUT2D eigenvalue weighted by molar-refractivity contribution is -0.109. The Morgan fingerprint density at radius 2 is 1.76 bits per heavy atom. The predicted octanol–water partition coefficient (Wildman–Crippen LogP) is 5.65. The lowest BCUT2D eigenvalue weighted by Crippen LogP contribution is -2.63. The van der Waals surface area contributed by atoms with Crippen molar-refractivity contribution in [3.8, 4) is 5.75 Å². The Morgan fingerprint density at radius 1 is 1.03 bits per heavy atom. The molecule has 174 valence electrons. The van der Waals surface area contributed by atoms with Gasteiger partial charge < -0.3 is 15.0 Å². The number of carbonyl (C=O) groups excluding carboxylic acids is 2. The first-order chi connectivity index (χ1) is 16.4. The number of likely N-dealkylation sites (tertiary alicyclic amines) is 1. The predicted molar refractivity (Wildman–Crippen MR) is 130 cm³/mol. The summed E-state index contributed by atoms with van der Waals surface area (Å²) in [7, 11) is 0. The third-order valence-corrected chi connectivity index (χ3v) is 6.84. The molecule has 0 atom stereocenters. The lowest BCUT2D eigenvalue weighted by Gasteiger charge is -2.50. The molecule has 0 radical (unpaired) electrons. The van der Waals surface area contributed by atoms with Gasteiger partial charge in [0.25, 0.3) is 5.91 Å². The molecule has 34 heavy (non-hydrogen) atoms. The number of hydrogen-bond acceptors (Lipinski definition) is 3. The maximum atomic E-state index is 14.5. The minimum atomic E-state index is -0.958. The van der Waals surface area contributed by atoms with Crippen LogP contribution in [0.15, 0.2) is 77.3 Å². The highest BCUT2D eigenvalue weighted by molar-refractivity contribution is 9.10. The normalized spacial score (nSPS) is 16.7. The molecule has 5 rings (SSSR count). The maximum Gasteiger partial charge on any atom is 0.321 e. The molecule has 0 aromatic heterocycles. The van der Waals surface area contributed by atoms with Crippen molar-refractivity contribution in [2.24, 2.45) is 0 Å². The van der Waals surface area contributed by atoms with E-state index in [1.807, 2.05) is 30.3 Å². The summed E-state index contributed by atoms with van der Waals surface area (Å²) in [4.78, 5) is 29.7. The summed E-state index contributed by atoms with van der Waals surface area (Å²) in [5, 5.41) is 2.91. The fourth-order valence-electron chi connectivity index (χ4n) is 4.54. The number of halogens is 2. The summed E-state index contributed by atoms with van der Waals surface area (Å²) < 4.78 is 21.8. The molecule has 3 aromatic carbocycles. The molecule has 1 fully saturated rings. The molecule has 1 saturated heterocycles. The van der Waals surface area contributed by atoms with E-state index in [1.165, 1.54) is 6.07 Å². The van der Waals surface area contributed by atoms with Gasteiger partial charge in [-0.15, -0.1) is 0 Å². The van der Waals surface area contributed by atoms with E-state index >= 15 is 0 Å². The Morgan fingerprint density at radius 3 is 2.53 bits per heavy atom. The van der Waals surface area contributed by atoms with Crippen molar-refractivity contribution in [2.75, 3.05) is 18.4 Å². The van der Waals surface area contributed by atoms with Gasteiger partial charge in [0, 0.05) is 41.7 Å². The first kappa shape index (κ1) is 22.4. The average molecular weight is 524 g/mol. The van der Waals surface area contributed by atoms with Crippen LogP contribution in [0.1, 0.15) is 28.8 Å². The number of urea groups is 1. The number of rotatable bonds is 3. The van der Waals surface area contributed by atoms with Crippen LogP contribution in [0.25, 0.3) is 0 Å². The first-order valence-corrected chi connectivity index (χ1v) is 11.9.